The standard InChI is InChI=1S/C20H17ClN4O6/c1-3-24-9-14(18(27)13-6-4-11(2)22-19(13)24)20(28)31-10-17(26)23-15-7-5-12(21)8-16(15)25(29)30/h4-9H,3,10H2,1-2H3,(H,23,26). The maximum absolute atomic E-state index is 12.7. The van der Waals surface area contributed by atoms with Crippen LogP contribution in [-0.2, 0) is 16.1 Å². The summed E-state index contributed by atoms with van der Waals surface area (Å²) in [6.45, 7) is 3.33. The maximum atomic E-state index is 12.7. The molecule has 0 saturated carbocycles. The number of nitrogens with zero attached hydrogens (tertiary/aromatic N) is 3. The highest BCUT2D eigenvalue weighted by Gasteiger charge is 2.20. The minimum atomic E-state index is -0.990. The van der Waals surface area contributed by atoms with Crippen LogP contribution in [0.1, 0.15) is 23.0 Å². The van der Waals surface area contributed by atoms with Gasteiger partial charge in [-0.3, -0.25) is 19.7 Å². The van der Waals surface area contributed by atoms with E-state index >= 15 is 0 Å². The number of pyridine rings is 2. The molecule has 3 aromatic rings. The fourth-order valence-electron chi connectivity index (χ4n) is 2.90. The number of nitro benzene ring substituents is 1. The van der Waals surface area contributed by atoms with E-state index in [0.29, 0.717) is 12.2 Å². The first-order chi connectivity index (χ1) is 14.7. The summed E-state index contributed by atoms with van der Waals surface area (Å²) in [6.07, 6.45) is 1.33. The largest absolute Gasteiger partial charge is 0.452 e. The Bertz CT molecular complexity index is 1270. The van der Waals surface area contributed by atoms with Crippen molar-refractivity contribution in [3.8, 4) is 0 Å². The predicted molar refractivity (Wildman–Crippen MR) is 113 cm³/mol. The van der Waals surface area contributed by atoms with Crippen molar-refractivity contribution >= 4 is 45.9 Å². The van der Waals surface area contributed by atoms with Crippen LogP contribution in [0.2, 0.25) is 5.02 Å². The number of anilines is 1. The summed E-state index contributed by atoms with van der Waals surface area (Å²) >= 11 is 5.74. The number of esters is 1. The van der Waals surface area contributed by atoms with Crippen LogP contribution in [0.3, 0.4) is 0 Å². The molecule has 0 aliphatic heterocycles. The normalized spacial score (nSPS) is 10.7. The molecule has 31 heavy (non-hydrogen) atoms. The summed E-state index contributed by atoms with van der Waals surface area (Å²) in [5.74, 6) is -1.80. The third kappa shape index (κ3) is 4.69. The lowest BCUT2D eigenvalue weighted by Gasteiger charge is -2.11. The molecule has 0 aliphatic carbocycles. The van der Waals surface area contributed by atoms with Crippen LogP contribution in [-0.4, -0.2) is 33.0 Å². The smallest absolute Gasteiger partial charge is 0.344 e. The van der Waals surface area contributed by atoms with Crippen molar-refractivity contribution in [2.24, 2.45) is 0 Å². The Morgan fingerprint density at radius 3 is 2.71 bits per heavy atom. The Hall–Kier alpha value is -3.79. The molecule has 0 fully saturated rings. The second kappa shape index (κ2) is 8.92. The van der Waals surface area contributed by atoms with E-state index in [2.05, 4.69) is 10.3 Å². The zero-order valence-corrected chi connectivity index (χ0v) is 17.3. The van der Waals surface area contributed by atoms with Crippen LogP contribution in [0, 0.1) is 17.0 Å². The van der Waals surface area contributed by atoms with E-state index in [9.17, 15) is 24.5 Å². The van der Waals surface area contributed by atoms with Gasteiger partial charge in [0.1, 0.15) is 16.9 Å². The monoisotopic (exact) mass is 444 g/mol. The number of ether oxygens (including phenoxy) is 1. The van der Waals surface area contributed by atoms with Crippen LogP contribution < -0.4 is 10.7 Å². The highest BCUT2D eigenvalue weighted by molar-refractivity contribution is 6.31. The molecular weight excluding hydrogens is 428 g/mol. The van der Waals surface area contributed by atoms with E-state index in [-0.39, 0.29) is 21.7 Å². The minimum Gasteiger partial charge on any atom is -0.452 e. The molecule has 0 bridgehead atoms. The quantitative estimate of drug-likeness (QED) is 0.350. The molecule has 160 valence electrons. The van der Waals surface area contributed by atoms with Gasteiger partial charge in [0.2, 0.25) is 5.43 Å². The number of rotatable bonds is 6. The molecular formula is C20H17ClN4O6. The molecule has 0 spiro atoms. The lowest BCUT2D eigenvalue weighted by molar-refractivity contribution is -0.383. The highest BCUT2D eigenvalue weighted by atomic mass is 35.5. The number of benzene rings is 1. The highest BCUT2D eigenvalue weighted by Crippen LogP contribution is 2.27. The summed E-state index contributed by atoms with van der Waals surface area (Å²) in [5.41, 5.74) is -0.156. The molecule has 3 rings (SSSR count). The van der Waals surface area contributed by atoms with Gasteiger partial charge in [0.15, 0.2) is 6.61 Å². The van der Waals surface area contributed by atoms with E-state index in [1.807, 2.05) is 6.92 Å². The Balaban J connectivity index is 1.78. The molecule has 1 aromatic carbocycles. The topological polar surface area (TPSA) is 133 Å². The first-order valence-electron chi connectivity index (χ1n) is 9.13. The summed E-state index contributed by atoms with van der Waals surface area (Å²) in [5, 5.41) is 13.8. The van der Waals surface area contributed by atoms with Crippen LogP contribution >= 0.6 is 11.6 Å². The van der Waals surface area contributed by atoms with Gasteiger partial charge >= 0.3 is 5.97 Å². The van der Waals surface area contributed by atoms with Crippen molar-refractivity contribution in [1.29, 1.82) is 0 Å². The number of nitrogens with one attached hydrogen (secondary N) is 1. The number of aromatic nitrogens is 2. The number of aryl methyl sites for hydroxylation is 2. The number of halogens is 1. The lowest BCUT2D eigenvalue weighted by Crippen LogP contribution is -2.25. The van der Waals surface area contributed by atoms with Gasteiger partial charge in [-0.2, -0.15) is 0 Å². The number of carbonyl (C=O) groups excluding carboxylic acids is 2. The fourth-order valence-corrected chi connectivity index (χ4v) is 3.07. The third-order valence-electron chi connectivity index (χ3n) is 4.39. The van der Waals surface area contributed by atoms with E-state index in [0.717, 1.165) is 11.8 Å². The minimum absolute atomic E-state index is 0.101. The zero-order chi connectivity index (χ0) is 22.7. The van der Waals surface area contributed by atoms with Gasteiger partial charge < -0.3 is 14.6 Å². The fraction of sp³-hybridized carbons (Fsp3) is 0.200. The summed E-state index contributed by atoms with van der Waals surface area (Å²) < 4.78 is 6.59. The Morgan fingerprint density at radius 2 is 2.03 bits per heavy atom. The Morgan fingerprint density at radius 1 is 1.29 bits per heavy atom. The number of carbonyl (C=O) groups is 2. The molecule has 1 amide bonds. The average molecular weight is 445 g/mol. The number of fused-ring (bicyclic) bond motifs is 1. The summed E-state index contributed by atoms with van der Waals surface area (Å²) in [6, 6.07) is 6.95. The molecule has 1 N–H and O–H groups in total. The Labute approximate surface area is 180 Å². The number of hydrogen-bond donors (Lipinski definition) is 1. The van der Waals surface area contributed by atoms with E-state index < -0.39 is 34.5 Å². The third-order valence-corrected chi connectivity index (χ3v) is 4.62. The van der Waals surface area contributed by atoms with Gasteiger partial charge in [-0.15, -0.1) is 0 Å². The van der Waals surface area contributed by atoms with Gasteiger partial charge in [0, 0.05) is 29.5 Å². The van der Waals surface area contributed by atoms with Gasteiger partial charge in [0.25, 0.3) is 11.6 Å². The molecule has 2 aromatic heterocycles. The van der Waals surface area contributed by atoms with Crippen molar-refractivity contribution in [2.45, 2.75) is 20.4 Å². The van der Waals surface area contributed by atoms with Crippen LogP contribution in [0.15, 0.2) is 41.3 Å². The van der Waals surface area contributed by atoms with Crippen molar-refractivity contribution in [3.63, 3.8) is 0 Å². The molecule has 11 heteroatoms. The SMILES string of the molecule is CCn1cc(C(=O)OCC(=O)Nc2ccc(Cl)cc2[N+](=O)[O-])c(=O)c2ccc(C)nc21. The van der Waals surface area contributed by atoms with Crippen molar-refractivity contribution in [3.05, 3.63) is 73.1 Å². The van der Waals surface area contributed by atoms with Crippen LogP contribution in [0.4, 0.5) is 11.4 Å². The van der Waals surface area contributed by atoms with Gasteiger partial charge in [-0.25, -0.2) is 9.78 Å². The van der Waals surface area contributed by atoms with Crippen LogP contribution in [0.5, 0.6) is 0 Å². The second-order valence-corrected chi connectivity index (χ2v) is 6.96. The van der Waals surface area contributed by atoms with E-state index in [4.69, 9.17) is 16.3 Å². The molecule has 10 nitrogen and oxygen atoms in total. The van der Waals surface area contributed by atoms with Crippen molar-refractivity contribution in [1.82, 2.24) is 9.55 Å². The van der Waals surface area contributed by atoms with E-state index in [1.54, 1.807) is 23.6 Å². The van der Waals surface area contributed by atoms with E-state index in [1.165, 1.54) is 18.3 Å². The molecule has 0 unspecified atom stereocenters. The number of amides is 1. The molecule has 2 heterocycles. The Kier molecular flexibility index (Phi) is 6.30. The molecule has 0 atom stereocenters. The first kappa shape index (κ1) is 21.9. The maximum Gasteiger partial charge on any atom is 0.344 e. The number of hydrogen-bond acceptors (Lipinski definition) is 7. The zero-order valence-electron chi connectivity index (χ0n) is 16.5. The molecule has 0 aliphatic rings. The molecule has 0 radical (unpaired) electrons. The predicted octanol–water partition coefficient (Wildman–Crippen LogP) is 3.08. The lowest BCUT2D eigenvalue weighted by atomic mass is 10.2. The number of nitro groups is 1. The average Bonchev–Trinajstić information content (AvgIpc) is 2.73. The summed E-state index contributed by atoms with van der Waals surface area (Å²) in [7, 11) is 0. The van der Waals surface area contributed by atoms with Gasteiger partial charge in [-0.1, -0.05) is 11.6 Å². The summed E-state index contributed by atoms with van der Waals surface area (Å²) in [4.78, 5) is 52.0. The van der Waals surface area contributed by atoms with Crippen molar-refractivity contribution < 1.29 is 19.2 Å². The first-order valence-corrected chi connectivity index (χ1v) is 9.50. The van der Waals surface area contributed by atoms with Crippen LogP contribution in [0.25, 0.3) is 11.0 Å². The van der Waals surface area contributed by atoms with Gasteiger partial charge in [0.05, 0.1) is 10.3 Å². The van der Waals surface area contributed by atoms with Gasteiger partial charge in [-0.05, 0) is 38.1 Å². The molecule has 0 saturated heterocycles. The van der Waals surface area contributed by atoms with Crippen molar-refractivity contribution in [2.75, 3.05) is 11.9 Å². The second-order valence-electron chi connectivity index (χ2n) is 6.52.